The van der Waals surface area contributed by atoms with E-state index >= 15 is 0 Å². The zero-order valence-corrected chi connectivity index (χ0v) is 14.3. The molecular formula is C14H26N6S. The van der Waals surface area contributed by atoms with Crippen molar-refractivity contribution in [3.05, 3.63) is 11.6 Å². The zero-order valence-electron chi connectivity index (χ0n) is 13.5. The van der Waals surface area contributed by atoms with E-state index in [4.69, 9.17) is 4.99 Å². The molecule has 0 aromatic carbocycles. The van der Waals surface area contributed by atoms with Crippen molar-refractivity contribution in [3.63, 3.8) is 0 Å². The largest absolute Gasteiger partial charge is 0.357 e. The number of hydrogen-bond acceptors (Lipinski definition) is 4. The first-order chi connectivity index (χ1) is 10.2. The molecule has 1 atom stereocenters. The predicted molar refractivity (Wildman–Crippen MR) is 88.7 cm³/mol. The highest BCUT2D eigenvalue weighted by molar-refractivity contribution is 8.00. The van der Waals surface area contributed by atoms with Gasteiger partial charge in [-0.1, -0.05) is 6.92 Å². The Morgan fingerprint density at radius 1 is 1.43 bits per heavy atom. The van der Waals surface area contributed by atoms with Crippen LogP contribution in [-0.4, -0.2) is 56.3 Å². The highest BCUT2D eigenvalue weighted by Gasteiger charge is 2.21. The van der Waals surface area contributed by atoms with Crippen molar-refractivity contribution in [1.82, 2.24) is 25.0 Å². The van der Waals surface area contributed by atoms with Crippen molar-refractivity contribution in [2.24, 2.45) is 12.0 Å². The number of nitrogens with one attached hydrogen (secondary N) is 1. The molecule has 1 aromatic heterocycles. The van der Waals surface area contributed by atoms with Crippen LogP contribution in [0.2, 0.25) is 0 Å². The monoisotopic (exact) mass is 310 g/mol. The molecule has 6 nitrogen and oxygen atoms in total. The Hall–Kier alpha value is -1.24. The zero-order chi connectivity index (χ0) is 15.2. The Labute approximate surface area is 131 Å². The number of guanidine groups is 1. The lowest BCUT2D eigenvalue weighted by molar-refractivity contribution is 0.408. The van der Waals surface area contributed by atoms with Gasteiger partial charge in [-0.05, 0) is 20.3 Å². The standard InChI is InChI=1S/C14H26N6S/c1-5-12-10-20(7-8-21-12)14(15-6-2)16-9-13-18-17-11(3)19(13)4/h12H,5-10H2,1-4H3,(H,15,16). The molecule has 2 heterocycles. The van der Waals surface area contributed by atoms with Crippen LogP contribution in [0.3, 0.4) is 0 Å². The number of aliphatic imine (C=N–C) groups is 1. The van der Waals surface area contributed by atoms with Crippen LogP contribution in [0.1, 0.15) is 31.9 Å². The molecule has 2 rings (SSSR count). The third-order valence-electron chi connectivity index (χ3n) is 3.78. The van der Waals surface area contributed by atoms with Gasteiger partial charge in [-0.3, -0.25) is 0 Å². The van der Waals surface area contributed by atoms with Crippen LogP contribution in [0.5, 0.6) is 0 Å². The van der Waals surface area contributed by atoms with E-state index in [1.54, 1.807) is 0 Å². The molecule has 21 heavy (non-hydrogen) atoms. The van der Waals surface area contributed by atoms with Crippen molar-refractivity contribution in [3.8, 4) is 0 Å². The smallest absolute Gasteiger partial charge is 0.194 e. The molecule has 0 amide bonds. The molecule has 0 spiro atoms. The first kappa shape index (κ1) is 16.1. The van der Waals surface area contributed by atoms with Gasteiger partial charge in [0, 0.05) is 37.7 Å². The first-order valence-corrected chi connectivity index (χ1v) is 8.70. The highest BCUT2D eigenvalue weighted by Crippen LogP contribution is 2.21. The molecular weight excluding hydrogens is 284 g/mol. The molecule has 1 unspecified atom stereocenters. The Morgan fingerprint density at radius 3 is 2.86 bits per heavy atom. The normalized spacial score (nSPS) is 19.9. The van der Waals surface area contributed by atoms with E-state index in [1.807, 2.05) is 18.5 Å². The van der Waals surface area contributed by atoms with E-state index in [1.165, 1.54) is 12.2 Å². The fraction of sp³-hybridized carbons (Fsp3) is 0.786. The quantitative estimate of drug-likeness (QED) is 0.673. The lowest BCUT2D eigenvalue weighted by atomic mass is 10.3. The molecule has 0 bridgehead atoms. The Bertz CT molecular complexity index is 484. The van der Waals surface area contributed by atoms with E-state index < -0.39 is 0 Å². The molecule has 1 N–H and O–H groups in total. The van der Waals surface area contributed by atoms with Crippen LogP contribution in [0.15, 0.2) is 4.99 Å². The summed E-state index contributed by atoms with van der Waals surface area (Å²) in [6.45, 7) is 9.91. The fourth-order valence-corrected chi connectivity index (χ4v) is 3.50. The molecule has 1 aliphatic heterocycles. The maximum atomic E-state index is 4.75. The topological polar surface area (TPSA) is 58.3 Å². The average Bonchev–Trinajstić information content (AvgIpc) is 2.83. The minimum atomic E-state index is 0.570. The van der Waals surface area contributed by atoms with Crippen LogP contribution < -0.4 is 5.32 Å². The summed E-state index contributed by atoms with van der Waals surface area (Å²) in [6, 6.07) is 0. The number of hydrogen-bond donors (Lipinski definition) is 1. The molecule has 0 radical (unpaired) electrons. The minimum absolute atomic E-state index is 0.570. The summed E-state index contributed by atoms with van der Waals surface area (Å²) in [7, 11) is 1.98. The summed E-state index contributed by atoms with van der Waals surface area (Å²) >= 11 is 2.07. The molecule has 1 fully saturated rings. The summed E-state index contributed by atoms with van der Waals surface area (Å²) in [5, 5.41) is 12.4. The van der Waals surface area contributed by atoms with Crippen LogP contribution >= 0.6 is 11.8 Å². The van der Waals surface area contributed by atoms with Crippen molar-refractivity contribution in [1.29, 1.82) is 0 Å². The third kappa shape index (κ3) is 4.12. The second kappa shape index (κ2) is 7.68. The maximum Gasteiger partial charge on any atom is 0.194 e. The van der Waals surface area contributed by atoms with Gasteiger partial charge in [-0.2, -0.15) is 11.8 Å². The van der Waals surface area contributed by atoms with Gasteiger partial charge in [0.1, 0.15) is 12.4 Å². The van der Waals surface area contributed by atoms with Gasteiger partial charge in [-0.15, -0.1) is 10.2 Å². The summed E-state index contributed by atoms with van der Waals surface area (Å²) in [4.78, 5) is 7.12. The predicted octanol–water partition coefficient (Wildman–Crippen LogP) is 1.42. The fourth-order valence-electron chi connectivity index (χ4n) is 2.32. The van der Waals surface area contributed by atoms with Gasteiger partial charge in [0.2, 0.25) is 0 Å². The molecule has 1 aliphatic rings. The molecule has 1 saturated heterocycles. The van der Waals surface area contributed by atoms with Gasteiger partial charge >= 0.3 is 0 Å². The Morgan fingerprint density at radius 2 is 2.24 bits per heavy atom. The van der Waals surface area contributed by atoms with Gasteiger partial charge in [0.15, 0.2) is 11.8 Å². The first-order valence-electron chi connectivity index (χ1n) is 7.65. The number of rotatable bonds is 4. The van der Waals surface area contributed by atoms with Crippen LogP contribution in [0, 0.1) is 6.92 Å². The van der Waals surface area contributed by atoms with E-state index in [-0.39, 0.29) is 0 Å². The Balaban J connectivity index is 2.06. The van der Waals surface area contributed by atoms with Crippen LogP contribution in [0.4, 0.5) is 0 Å². The number of nitrogens with zero attached hydrogens (tertiary/aromatic N) is 5. The van der Waals surface area contributed by atoms with Crippen molar-refractivity contribution in [2.45, 2.75) is 39.0 Å². The van der Waals surface area contributed by atoms with E-state index in [9.17, 15) is 0 Å². The van der Waals surface area contributed by atoms with E-state index in [0.29, 0.717) is 11.8 Å². The molecule has 0 aliphatic carbocycles. The van der Waals surface area contributed by atoms with Crippen molar-refractivity contribution in [2.75, 3.05) is 25.4 Å². The van der Waals surface area contributed by atoms with Crippen LogP contribution in [-0.2, 0) is 13.6 Å². The van der Waals surface area contributed by atoms with Gasteiger partial charge in [-0.25, -0.2) is 4.99 Å². The van der Waals surface area contributed by atoms with Gasteiger partial charge < -0.3 is 14.8 Å². The Kier molecular flexibility index (Phi) is 5.90. The number of aromatic nitrogens is 3. The highest BCUT2D eigenvalue weighted by atomic mass is 32.2. The SMILES string of the molecule is CCNC(=NCc1nnc(C)n1C)N1CCSC(CC)C1. The van der Waals surface area contributed by atoms with E-state index in [0.717, 1.165) is 37.2 Å². The molecule has 1 aromatic rings. The summed E-state index contributed by atoms with van der Waals surface area (Å²) < 4.78 is 1.99. The van der Waals surface area contributed by atoms with E-state index in [2.05, 4.69) is 46.0 Å². The van der Waals surface area contributed by atoms with Crippen molar-refractivity contribution >= 4 is 17.7 Å². The third-order valence-corrected chi connectivity index (χ3v) is 5.15. The maximum absolute atomic E-state index is 4.75. The minimum Gasteiger partial charge on any atom is -0.357 e. The second-order valence-corrected chi connectivity index (χ2v) is 6.65. The summed E-state index contributed by atoms with van der Waals surface area (Å²) in [5.41, 5.74) is 0. The van der Waals surface area contributed by atoms with Gasteiger partial charge in [0.05, 0.1) is 0 Å². The van der Waals surface area contributed by atoms with Crippen LogP contribution in [0.25, 0.3) is 0 Å². The number of thioether (sulfide) groups is 1. The van der Waals surface area contributed by atoms with Crippen molar-refractivity contribution < 1.29 is 0 Å². The number of aryl methyl sites for hydroxylation is 1. The van der Waals surface area contributed by atoms with Gasteiger partial charge in [0.25, 0.3) is 0 Å². The average molecular weight is 310 g/mol. The lowest BCUT2D eigenvalue weighted by Crippen LogP contribution is -2.48. The lowest BCUT2D eigenvalue weighted by Gasteiger charge is -2.34. The summed E-state index contributed by atoms with van der Waals surface area (Å²) in [5.74, 6) is 4.00. The molecule has 7 heteroatoms. The summed E-state index contributed by atoms with van der Waals surface area (Å²) in [6.07, 6.45) is 1.21. The molecule has 0 saturated carbocycles. The second-order valence-electron chi connectivity index (χ2n) is 5.24. The molecule has 118 valence electrons.